The SMILES string of the molecule is O=C1NC(c2cc(F)cc(C(F)(F)F)c2)(c2ccc(Cl)cc2Oc2ccccc2)C(CO)O1. The topological polar surface area (TPSA) is 67.8 Å². The third kappa shape index (κ3) is 4.34. The number of nitrogens with one attached hydrogen (secondary N) is 1. The Kier molecular flexibility index (Phi) is 5.94. The van der Waals surface area contributed by atoms with E-state index in [1.807, 2.05) is 0 Å². The number of carbonyl (C=O) groups excluding carboxylic acids is 1. The smallest absolute Gasteiger partial charge is 0.416 e. The number of benzene rings is 3. The molecule has 172 valence electrons. The Balaban J connectivity index is 1.98. The first kappa shape index (κ1) is 22.9. The number of hydrogen-bond acceptors (Lipinski definition) is 4. The van der Waals surface area contributed by atoms with Gasteiger partial charge in [-0.2, -0.15) is 13.2 Å². The lowest BCUT2D eigenvalue weighted by Crippen LogP contribution is -2.48. The van der Waals surface area contributed by atoms with Crippen LogP contribution in [-0.4, -0.2) is 23.9 Å². The molecular formula is C23H16ClF4NO4. The third-order valence-electron chi connectivity index (χ3n) is 5.22. The van der Waals surface area contributed by atoms with Crippen LogP contribution in [0.25, 0.3) is 0 Å². The second kappa shape index (κ2) is 8.57. The zero-order valence-electron chi connectivity index (χ0n) is 16.7. The van der Waals surface area contributed by atoms with Crippen LogP contribution in [0.3, 0.4) is 0 Å². The molecule has 0 bridgehead atoms. The summed E-state index contributed by atoms with van der Waals surface area (Å²) >= 11 is 6.13. The molecule has 0 saturated carbocycles. The maximum atomic E-state index is 14.4. The molecule has 1 heterocycles. The summed E-state index contributed by atoms with van der Waals surface area (Å²) in [5.41, 5.74) is -3.36. The van der Waals surface area contributed by atoms with Crippen molar-refractivity contribution in [2.45, 2.75) is 17.8 Å². The number of amides is 1. The van der Waals surface area contributed by atoms with Crippen molar-refractivity contribution in [3.05, 3.63) is 94.3 Å². The predicted octanol–water partition coefficient (Wildman–Crippen LogP) is 5.63. The van der Waals surface area contributed by atoms with E-state index < -0.39 is 41.9 Å². The zero-order valence-corrected chi connectivity index (χ0v) is 17.5. The van der Waals surface area contributed by atoms with Crippen molar-refractivity contribution < 1.29 is 36.9 Å². The first-order valence-electron chi connectivity index (χ1n) is 9.64. The highest BCUT2D eigenvalue weighted by Crippen LogP contribution is 2.46. The van der Waals surface area contributed by atoms with Crippen LogP contribution in [0.15, 0.2) is 66.7 Å². The molecular weight excluding hydrogens is 466 g/mol. The number of halogens is 5. The summed E-state index contributed by atoms with van der Waals surface area (Å²) in [4.78, 5) is 12.3. The van der Waals surface area contributed by atoms with Crippen LogP contribution in [0.4, 0.5) is 22.4 Å². The molecule has 2 N–H and O–H groups in total. The minimum atomic E-state index is -4.86. The number of rotatable bonds is 5. The molecule has 1 aliphatic heterocycles. The molecule has 0 aromatic heterocycles. The summed E-state index contributed by atoms with van der Waals surface area (Å²) in [6, 6.07) is 14.5. The van der Waals surface area contributed by atoms with Crippen LogP contribution in [0, 0.1) is 5.82 Å². The average molecular weight is 482 g/mol. The molecule has 3 aromatic carbocycles. The monoisotopic (exact) mass is 481 g/mol. The van der Waals surface area contributed by atoms with E-state index in [0.717, 1.165) is 6.07 Å². The fourth-order valence-electron chi connectivity index (χ4n) is 3.82. The average Bonchev–Trinajstić information content (AvgIpc) is 3.10. The largest absolute Gasteiger partial charge is 0.457 e. The summed E-state index contributed by atoms with van der Waals surface area (Å²) < 4.78 is 65.8. The number of alkyl halides is 3. The minimum Gasteiger partial charge on any atom is -0.457 e. The number of carbonyl (C=O) groups is 1. The van der Waals surface area contributed by atoms with Gasteiger partial charge < -0.3 is 19.9 Å². The minimum absolute atomic E-state index is 0.0655. The Morgan fingerprint density at radius 1 is 1.09 bits per heavy atom. The number of cyclic esters (lactones) is 1. The standard InChI is InChI=1S/C23H16ClF4NO4/c24-15-6-7-18(19(11-15)32-17-4-2-1-3-5-17)22(20(12-30)33-21(31)29-22)13-8-14(23(26,27)28)10-16(25)9-13/h1-11,20,30H,12H2,(H,29,31). The van der Waals surface area contributed by atoms with Crippen LogP contribution in [0.2, 0.25) is 5.02 Å². The van der Waals surface area contributed by atoms with E-state index >= 15 is 0 Å². The summed E-state index contributed by atoms with van der Waals surface area (Å²) in [6.45, 7) is -0.774. The fourth-order valence-corrected chi connectivity index (χ4v) is 3.98. The van der Waals surface area contributed by atoms with Crippen molar-refractivity contribution in [3.8, 4) is 11.5 Å². The van der Waals surface area contributed by atoms with Crippen LogP contribution >= 0.6 is 11.6 Å². The molecule has 33 heavy (non-hydrogen) atoms. The number of alkyl carbamates (subject to hydrolysis) is 1. The number of ether oxygens (including phenoxy) is 2. The lowest BCUT2D eigenvalue weighted by Gasteiger charge is -2.34. The molecule has 1 saturated heterocycles. The predicted molar refractivity (Wildman–Crippen MR) is 111 cm³/mol. The Hall–Kier alpha value is -3.30. The van der Waals surface area contributed by atoms with Crippen molar-refractivity contribution in [3.63, 3.8) is 0 Å². The van der Waals surface area contributed by atoms with Gasteiger partial charge in [0, 0.05) is 10.6 Å². The van der Waals surface area contributed by atoms with Crippen LogP contribution in [0.5, 0.6) is 11.5 Å². The van der Waals surface area contributed by atoms with Gasteiger partial charge >= 0.3 is 12.3 Å². The van der Waals surface area contributed by atoms with Crippen molar-refractivity contribution >= 4 is 17.7 Å². The van der Waals surface area contributed by atoms with Gasteiger partial charge in [0.2, 0.25) is 0 Å². The molecule has 2 unspecified atom stereocenters. The maximum absolute atomic E-state index is 14.4. The highest BCUT2D eigenvalue weighted by molar-refractivity contribution is 6.30. The van der Waals surface area contributed by atoms with Crippen molar-refractivity contribution in [2.75, 3.05) is 6.61 Å². The summed E-state index contributed by atoms with van der Waals surface area (Å²) in [6.07, 6.45) is -7.26. The van der Waals surface area contributed by atoms with Crippen LogP contribution in [-0.2, 0) is 16.5 Å². The highest BCUT2D eigenvalue weighted by atomic mass is 35.5. The summed E-state index contributed by atoms with van der Waals surface area (Å²) in [7, 11) is 0. The van der Waals surface area contributed by atoms with Crippen molar-refractivity contribution in [2.24, 2.45) is 0 Å². The molecule has 4 rings (SSSR count). The number of aliphatic hydroxyl groups excluding tert-OH is 1. The maximum Gasteiger partial charge on any atom is 0.416 e. The molecule has 0 spiro atoms. The van der Waals surface area contributed by atoms with E-state index in [0.29, 0.717) is 17.9 Å². The van der Waals surface area contributed by atoms with Crippen molar-refractivity contribution in [1.29, 1.82) is 0 Å². The van der Waals surface area contributed by atoms with Gasteiger partial charge in [-0.1, -0.05) is 35.9 Å². The van der Waals surface area contributed by atoms with E-state index in [2.05, 4.69) is 5.32 Å². The van der Waals surface area contributed by atoms with Gasteiger partial charge in [-0.05, 0) is 48.0 Å². The second-order valence-electron chi connectivity index (χ2n) is 7.29. The van der Waals surface area contributed by atoms with Gasteiger partial charge in [-0.15, -0.1) is 0 Å². The first-order chi connectivity index (χ1) is 15.6. The fraction of sp³-hybridized carbons (Fsp3) is 0.174. The van der Waals surface area contributed by atoms with Gasteiger partial charge in [0.25, 0.3) is 0 Å². The molecule has 0 radical (unpaired) electrons. The summed E-state index contributed by atoms with van der Waals surface area (Å²) in [5, 5.41) is 12.7. The molecule has 1 amide bonds. The molecule has 0 aliphatic carbocycles. The van der Waals surface area contributed by atoms with Crippen LogP contribution < -0.4 is 10.1 Å². The molecule has 1 fully saturated rings. The number of para-hydroxylation sites is 1. The van der Waals surface area contributed by atoms with Crippen molar-refractivity contribution in [1.82, 2.24) is 5.32 Å². The van der Waals surface area contributed by atoms with Gasteiger partial charge in [0.15, 0.2) is 6.10 Å². The number of aliphatic hydroxyl groups is 1. The van der Waals surface area contributed by atoms with E-state index in [1.54, 1.807) is 30.3 Å². The Morgan fingerprint density at radius 2 is 1.82 bits per heavy atom. The Morgan fingerprint density at radius 3 is 2.48 bits per heavy atom. The quantitative estimate of drug-likeness (QED) is 0.463. The van der Waals surface area contributed by atoms with E-state index in [9.17, 15) is 27.5 Å². The molecule has 3 aromatic rings. The Bertz CT molecular complexity index is 1190. The molecule has 2 atom stereocenters. The zero-order chi connectivity index (χ0) is 23.8. The van der Waals surface area contributed by atoms with E-state index in [-0.39, 0.29) is 21.9 Å². The normalized spacial score (nSPS) is 20.3. The second-order valence-corrected chi connectivity index (χ2v) is 7.73. The van der Waals surface area contributed by atoms with E-state index in [1.165, 1.54) is 18.2 Å². The van der Waals surface area contributed by atoms with Crippen LogP contribution in [0.1, 0.15) is 16.7 Å². The first-order valence-corrected chi connectivity index (χ1v) is 10.0. The molecule has 10 heteroatoms. The van der Waals surface area contributed by atoms with Gasteiger partial charge in [-0.25, -0.2) is 9.18 Å². The Labute approximate surface area is 190 Å². The van der Waals surface area contributed by atoms with Gasteiger partial charge in [-0.3, -0.25) is 0 Å². The summed E-state index contributed by atoms with van der Waals surface area (Å²) in [5.74, 6) is -0.746. The van der Waals surface area contributed by atoms with Gasteiger partial charge in [0.05, 0.1) is 12.2 Å². The third-order valence-corrected chi connectivity index (χ3v) is 5.45. The highest BCUT2D eigenvalue weighted by Gasteiger charge is 2.53. The number of hydrogen-bond donors (Lipinski definition) is 2. The lowest BCUT2D eigenvalue weighted by atomic mass is 9.78. The van der Waals surface area contributed by atoms with E-state index in [4.69, 9.17) is 21.1 Å². The lowest BCUT2D eigenvalue weighted by molar-refractivity contribution is -0.137. The molecule has 1 aliphatic rings. The molecule has 5 nitrogen and oxygen atoms in total. The van der Waals surface area contributed by atoms with Gasteiger partial charge in [0.1, 0.15) is 22.9 Å².